The van der Waals surface area contributed by atoms with Crippen LogP contribution in [0.15, 0.2) is 59.1 Å². The zero-order chi connectivity index (χ0) is 26.0. The van der Waals surface area contributed by atoms with Crippen LogP contribution in [0.5, 0.6) is 0 Å². The quantitative estimate of drug-likeness (QED) is 0.249. The zero-order valence-electron chi connectivity index (χ0n) is 22.5. The normalized spacial score (nSPS) is 12.1. The Hall–Kier alpha value is -3.99. The Balaban J connectivity index is 1.69. The predicted octanol–water partition coefficient (Wildman–Crippen LogP) is 8.55. The van der Waals surface area contributed by atoms with Crippen LogP contribution in [0.4, 0.5) is 0 Å². The van der Waals surface area contributed by atoms with E-state index in [9.17, 15) is 0 Å². The van der Waals surface area contributed by atoms with Crippen LogP contribution in [0.1, 0.15) is 67.6 Å². The van der Waals surface area contributed by atoms with Gasteiger partial charge in [-0.3, -0.25) is 9.55 Å². The van der Waals surface area contributed by atoms with Crippen LogP contribution in [-0.4, -0.2) is 19.5 Å². The molecule has 0 atom stereocenters. The van der Waals surface area contributed by atoms with Crippen LogP contribution >= 0.6 is 0 Å². The van der Waals surface area contributed by atoms with Crippen LogP contribution in [-0.2, 0) is 0 Å². The maximum Gasteiger partial charge on any atom is 0.227 e. The van der Waals surface area contributed by atoms with Crippen molar-refractivity contribution in [3.8, 4) is 17.1 Å². The number of pyridine rings is 2. The van der Waals surface area contributed by atoms with E-state index in [1.165, 1.54) is 22.4 Å². The number of aryl methyl sites for hydroxylation is 3. The summed E-state index contributed by atoms with van der Waals surface area (Å²) in [6, 6.07) is 17.2. The number of imidazole rings is 1. The average Bonchev–Trinajstić information content (AvgIpc) is 3.40. The van der Waals surface area contributed by atoms with Crippen molar-refractivity contribution in [1.29, 1.82) is 0 Å². The van der Waals surface area contributed by atoms with Crippen molar-refractivity contribution in [2.24, 2.45) is 0 Å². The fourth-order valence-corrected chi connectivity index (χ4v) is 5.53. The largest absolute Gasteiger partial charge is 0.438 e. The lowest BCUT2D eigenvalue weighted by Gasteiger charge is -2.22. The Kier molecular flexibility index (Phi) is 5.41. The van der Waals surface area contributed by atoms with Crippen molar-refractivity contribution in [2.75, 3.05) is 0 Å². The van der Waals surface area contributed by atoms with Gasteiger partial charge >= 0.3 is 0 Å². The number of para-hydroxylation sites is 1. The Morgan fingerprint density at radius 1 is 0.811 bits per heavy atom. The van der Waals surface area contributed by atoms with Gasteiger partial charge in [0.25, 0.3) is 0 Å². The summed E-state index contributed by atoms with van der Waals surface area (Å²) in [5.74, 6) is 1.60. The van der Waals surface area contributed by atoms with Crippen molar-refractivity contribution < 1.29 is 4.42 Å². The molecule has 0 unspecified atom stereocenters. The Labute approximate surface area is 217 Å². The van der Waals surface area contributed by atoms with Gasteiger partial charge < -0.3 is 4.42 Å². The van der Waals surface area contributed by atoms with Crippen LogP contribution in [0, 0.1) is 20.8 Å². The third-order valence-corrected chi connectivity index (χ3v) is 7.27. The van der Waals surface area contributed by atoms with Crippen LogP contribution in [0.3, 0.4) is 0 Å². The van der Waals surface area contributed by atoms with E-state index < -0.39 is 0 Å². The summed E-state index contributed by atoms with van der Waals surface area (Å²) < 4.78 is 8.59. The Morgan fingerprint density at radius 2 is 1.54 bits per heavy atom. The number of nitrogens with zero attached hydrogens (tertiary/aromatic N) is 4. The molecule has 0 aliphatic carbocycles. The second-order valence-electron chi connectivity index (χ2n) is 10.8. The molecule has 0 aliphatic heterocycles. The molecule has 6 aromatic rings. The van der Waals surface area contributed by atoms with E-state index in [-0.39, 0.29) is 0 Å². The number of hydrogen-bond acceptors (Lipinski definition) is 4. The first-order chi connectivity index (χ1) is 17.7. The van der Waals surface area contributed by atoms with Gasteiger partial charge in [-0.1, -0.05) is 52.0 Å². The van der Waals surface area contributed by atoms with E-state index >= 15 is 0 Å². The van der Waals surface area contributed by atoms with E-state index in [4.69, 9.17) is 9.40 Å². The van der Waals surface area contributed by atoms with Crippen molar-refractivity contribution in [2.45, 2.75) is 60.3 Å². The minimum atomic E-state index is 0.354. The molecule has 4 heterocycles. The molecule has 0 amide bonds. The van der Waals surface area contributed by atoms with Gasteiger partial charge in [-0.05, 0) is 73.6 Å². The topological polar surface area (TPSA) is 56.7 Å². The number of benzene rings is 2. The van der Waals surface area contributed by atoms with Gasteiger partial charge in [0.2, 0.25) is 5.71 Å². The SMILES string of the molecule is Cc1cc2nc(-c3ccc4c(c3)oc3nc(C)cc(C)c34)n(-c3c(C(C)C)cccc3C(C)C)c2cn1. The molecular weight excluding hydrogens is 456 g/mol. The number of fused-ring (bicyclic) bond motifs is 4. The maximum absolute atomic E-state index is 6.28. The number of rotatable bonds is 4. The van der Waals surface area contributed by atoms with Gasteiger partial charge in [-0.25, -0.2) is 9.97 Å². The molecule has 0 fully saturated rings. The highest BCUT2D eigenvalue weighted by atomic mass is 16.3. The Morgan fingerprint density at radius 3 is 2.24 bits per heavy atom. The second-order valence-corrected chi connectivity index (χ2v) is 10.8. The van der Waals surface area contributed by atoms with Crippen LogP contribution in [0.25, 0.3) is 50.2 Å². The minimum absolute atomic E-state index is 0.354. The highest BCUT2D eigenvalue weighted by Gasteiger charge is 2.23. The van der Waals surface area contributed by atoms with E-state index in [0.717, 1.165) is 50.2 Å². The third kappa shape index (κ3) is 3.72. The molecule has 5 nitrogen and oxygen atoms in total. The Bertz CT molecular complexity index is 1790. The molecule has 37 heavy (non-hydrogen) atoms. The van der Waals surface area contributed by atoms with E-state index in [1.54, 1.807) is 0 Å². The number of aromatic nitrogens is 4. The van der Waals surface area contributed by atoms with Gasteiger partial charge in [-0.2, -0.15) is 0 Å². The van der Waals surface area contributed by atoms with E-state index in [2.05, 4.69) is 97.7 Å². The molecule has 2 aromatic carbocycles. The average molecular weight is 489 g/mol. The summed E-state index contributed by atoms with van der Waals surface area (Å²) >= 11 is 0. The van der Waals surface area contributed by atoms with Crippen molar-refractivity contribution in [1.82, 2.24) is 19.5 Å². The lowest BCUT2D eigenvalue weighted by atomic mass is 9.92. The van der Waals surface area contributed by atoms with Crippen molar-refractivity contribution in [3.63, 3.8) is 0 Å². The molecule has 5 heteroatoms. The van der Waals surface area contributed by atoms with E-state index in [0.29, 0.717) is 17.5 Å². The van der Waals surface area contributed by atoms with Gasteiger partial charge in [0, 0.05) is 22.3 Å². The molecule has 0 spiro atoms. The van der Waals surface area contributed by atoms with Crippen molar-refractivity contribution >= 4 is 33.1 Å². The zero-order valence-corrected chi connectivity index (χ0v) is 22.5. The molecular formula is C32H32N4O. The first kappa shape index (κ1) is 23.4. The second kappa shape index (κ2) is 8.55. The van der Waals surface area contributed by atoms with Crippen LogP contribution < -0.4 is 0 Å². The number of furan rings is 1. The summed E-state index contributed by atoms with van der Waals surface area (Å²) in [5, 5.41) is 2.15. The molecule has 4 aromatic heterocycles. The van der Waals surface area contributed by atoms with E-state index in [1.807, 2.05) is 20.0 Å². The maximum atomic E-state index is 6.28. The standard InChI is InChI=1S/C32H32N4O/c1-17(2)23-9-8-10-24(18(3)4)30(23)36-27-16-33-20(6)14-26(27)35-31(36)22-11-12-25-28(15-22)37-32-29(25)19(5)13-21(7)34-32/h8-18H,1-7H3. The first-order valence-electron chi connectivity index (χ1n) is 13.0. The lowest BCUT2D eigenvalue weighted by Crippen LogP contribution is -2.08. The fraction of sp³-hybridized carbons (Fsp3) is 0.281. The van der Waals surface area contributed by atoms with Gasteiger partial charge in [0.15, 0.2) is 0 Å². The van der Waals surface area contributed by atoms with Gasteiger partial charge in [-0.15, -0.1) is 0 Å². The first-order valence-corrected chi connectivity index (χ1v) is 13.0. The molecule has 0 saturated heterocycles. The highest BCUT2D eigenvalue weighted by molar-refractivity contribution is 6.06. The summed E-state index contributed by atoms with van der Waals surface area (Å²) in [5.41, 5.74) is 11.3. The fourth-order valence-electron chi connectivity index (χ4n) is 5.53. The molecule has 0 bridgehead atoms. The monoisotopic (exact) mass is 488 g/mol. The summed E-state index contributed by atoms with van der Waals surface area (Å²) in [6.07, 6.45) is 1.96. The van der Waals surface area contributed by atoms with Crippen molar-refractivity contribution in [3.05, 3.63) is 82.8 Å². The molecule has 0 saturated carbocycles. The summed E-state index contributed by atoms with van der Waals surface area (Å²) in [6.45, 7) is 15.1. The molecule has 0 N–H and O–H groups in total. The van der Waals surface area contributed by atoms with Crippen LogP contribution in [0.2, 0.25) is 0 Å². The third-order valence-electron chi connectivity index (χ3n) is 7.27. The molecule has 186 valence electrons. The molecule has 0 radical (unpaired) electrons. The summed E-state index contributed by atoms with van der Waals surface area (Å²) in [7, 11) is 0. The molecule has 6 rings (SSSR count). The number of hydrogen-bond donors (Lipinski definition) is 0. The van der Waals surface area contributed by atoms with Gasteiger partial charge in [0.1, 0.15) is 11.4 Å². The lowest BCUT2D eigenvalue weighted by molar-refractivity contribution is 0.652. The smallest absolute Gasteiger partial charge is 0.227 e. The summed E-state index contributed by atoms with van der Waals surface area (Å²) in [4.78, 5) is 14.5. The predicted molar refractivity (Wildman–Crippen MR) is 152 cm³/mol. The van der Waals surface area contributed by atoms with Gasteiger partial charge in [0.05, 0.1) is 28.3 Å². The molecule has 0 aliphatic rings. The highest BCUT2D eigenvalue weighted by Crippen LogP contribution is 2.39. The minimum Gasteiger partial charge on any atom is -0.438 e.